The zero-order chi connectivity index (χ0) is 15.1. The first-order valence-corrected chi connectivity index (χ1v) is 7.02. The molecule has 0 aliphatic carbocycles. The number of nitrogens with one attached hydrogen (secondary N) is 1. The summed E-state index contributed by atoms with van der Waals surface area (Å²) < 4.78 is 15.9. The molecule has 1 aliphatic rings. The SMILES string of the molecule is COc1ccc(C=CC(=O)NCC2CCCO2)c(OC)c1. The quantitative estimate of drug-likeness (QED) is 0.815. The highest BCUT2D eigenvalue weighted by Crippen LogP contribution is 2.25. The molecule has 1 saturated heterocycles. The van der Waals surface area contributed by atoms with Crippen molar-refractivity contribution in [2.24, 2.45) is 0 Å². The van der Waals surface area contributed by atoms with Crippen LogP contribution in [0.25, 0.3) is 6.08 Å². The van der Waals surface area contributed by atoms with E-state index in [4.69, 9.17) is 14.2 Å². The van der Waals surface area contributed by atoms with Crippen molar-refractivity contribution in [1.82, 2.24) is 5.32 Å². The number of hydrogen-bond acceptors (Lipinski definition) is 4. The Morgan fingerprint density at radius 2 is 2.29 bits per heavy atom. The van der Waals surface area contributed by atoms with Gasteiger partial charge in [-0.1, -0.05) is 0 Å². The van der Waals surface area contributed by atoms with E-state index in [-0.39, 0.29) is 12.0 Å². The zero-order valence-corrected chi connectivity index (χ0v) is 12.4. The lowest BCUT2D eigenvalue weighted by Gasteiger charge is -2.09. The summed E-state index contributed by atoms with van der Waals surface area (Å²) in [6.45, 7) is 1.35. The third kappa shape index (κ3) is 4.49. The molecule has 1 unspecified atom stereocenters. The minimum atomic E-state index is -0.136. The van der Waals surface area contributed by atoms with E-state index in [0.717, 1.165) is 25.0 Å². The predicted molar refractivity (Wildman–Crippen MR) is 80.6 cm³/mol. The van der Waals surface area contributed by atoms with Crippen LogP contribution in [-0.2, 0) is 9.53 Å². The molecule has 0 bridgehead atoms. The first kappa shape index (κ1) is 15.4. The number of amides is 1. The lowest BCUT2D eigenvalue weighted by molar-refractivity contribution is -0.116. The Balaban J connectivity index is 1.91. The van der Waals surface area contributed by atoms with Crippen LogP contribution in [0.1, 0.15) is 18.4 Å². The molecule has 0 aromatic heterocycles. The Kier molecular flexibility index (Phi) is 5.63. The lowest BCUT2D eigenvalue weighted by atomic mass is 10.1. The van der Waals surface area contributed by atoms with Crippen LogP contribution in [0.4, 0.5) is 0 Å². The van der Waals surface area contributed by atoms with E-state index in [0.29, 0.717) is 18.0 Å². The second-order valence-electron chi connectivity index (χ2n) is 4.82. The van der Waals surface area contributed by atoms with Gasteiger partial charge in [-0.25, -0.2) is 0 Å². The van der Waals surface area contributed by atoms with Crippen molar-refractivity contribution in [3.8, 4) is 11.5 Å². The van der Waals surface area contributed by atoms with E-state index >= 15 is 0 Å². The van der Waals surface area contributed by atoms with Crippen LogP contribution in [0.3, 0.4) is 0 Å². The van der Waals surface area contributed by atoms with Gasteiger partial charge >= 0.3 is 0 Å². The topological polar surface area (TPSA) is 56.8 Å². The van der Waals surface area contributed by atoms with Crippen LogP contribution in [0, 0.1) is 0 Å². The van der Waals surface area contributed by atoms with Gasteiger partial charge in [0.15, 0.2) is 0 Å². The molecule has 0 saturated carbocycles. The zero-order valence-electron chi connectivity index (χ0n) is 12.4. The van der Waals surface area contributed by atoms with Crippen LogP contribution in [-0.4, -0.2) is 39.4 Å². The smallest absolute Gasteiger partial charge is 0.244 e. The minimum absolute atomic E-state index is 0.136. The maximum absolute atomic E-state index is 11.8. The molecule has 21 heavy (non-hydrogen) atoms. The average molecular weight is 291 g/mol. The summed E-state index contributed by atoms with van der Waals surface area (Å²) in [5.41, 5.74) is 0.825. The number of benzene rings is 1. The van der Waals surface area contributed by atoms with Gasteiger partial charge in [-0.15, -0.1) is 0 Å². The molecule has 5 nitrogen and oxygen atoms in total. The van der Waals surface area contributed by atoms with E-state index < -0.39 is 0 Å². The Morgan fingerprint density at radius 1 is 1.43 bits per heavy atom. The fraction of sp³-hybridized carbons (Fsp3) is 0.438. The van der Waals surface area contributed by atoms with Crippen molar-refractivity contribution in [2.45, 2.75) is 18.9 Å². The highest BCUT2D eigenvalue weighted by molar-refractivity contribution is 5.92. The van der Waals surface area contributed by atoms with E-state index in [1.54, 1.807) is 26.4 Å². The van der Waals surface area contributed by atoms with Gasteiger partial charge in [0.25, 0.3) is 0 Å². The van der Waals surface area contributed by atoms with E-state index in [9.17, 15) is 4.79 Å². The number of carbonyl (C=O) groups is 1. The number of rotatable bonds is 6. The summed E-state index contributed by atoms with van der Waals surface area (Å²) >= 11 is 0. The Morgan fingerprint density at radius 3 is 2.95 bits per heavy atom. The molecule has 2 rings (SSSR count). The van der Waals surface area contributed by atoms with Crippen molar-refractivity contribution < 1.29 is 19.0 Å². The van der Waals surface area contributed by atoms with Crippen molar-refractivity contribution in [3.05, 3.63) is 29.8 Å². The summed E-state index contributed by atoms with van der Waals surface area (Å²) in [6, 6.07) is 5.46. The first-order valence-electron chi connectivity index (χ1n) is 7.02. The van der Waals surface area contributed by atoms with Crippen molar-refractivity contribution in [1.29, 1.82) is 0 Å². The van der Waals surface area contributed by atoms with E-state index in [2.05, 4.69) is 5.32 Å². The van der Waals surface area contributed by atoms with Gasteiger partial charge in [0.1, 0.15) is 11.5 Å². The molecular weight excluding hydrogens is 270 g/mol. The van der Waals surface area contributed by atoms with Crippen LogP contribution in [0.5, 0.6) is 11.5 Å². The third-order valence-corrected chi connectivity index (χ3v) is 3.38. The number of methoxy groups -OCH3 is 2. The largest absolute Gasteiger partial charge is 0.497 e. The maximum Gasteiger partial charge on any atom is 0.244 e. The molecule has 114 valence electrons. The van der Waals surface area contributed by atoms with Gasteiger partial charge in [-0.05, 0) is 31.1 Å². The van der Waals surface area contributed by atoms with Gasteiger partial charge in [-0.2, -0.15) is 0 Å². The second kappa shape index (κ2) is 7.69. The monoisotopic (exact) mass is 291 g/mol. The number of carbonyl (C=O) groups excluding carboxylic acids is 1. The normalized spacial score (nSPS) is 17.9. The molecule has 5 heteroatoms. The predicted octanol–water partition coefficient (Wildman–Crippen LogP) is 2.01. The van der Waals surface area contributed by atoms with Crippen molar-refractivity contribution >= 4 is 12.0 Å². The molecule has 1 amide bonds. The van der Waals surface area contributed by atoms with Crippen LogP contribution < -0.4 is 14.8 Å². The molecular formula is C16H21NO4. The summed E-state index contributed by atoms with van der Waals surface area (Å²) in [6.07, 6.45) is 5.45. The summed E-state index contributed by atoms with van der Waals surface area (Å²) in [4.78, 5) is 11.8. The first-order chi connectivity index (χ1) is 10.2. The number of hydrogen-bond donors (Lipinski definition) is 1. The fourth-order valence-corrected chi connectivity index (χ4v) is 2.20. The van der Waals surface area contributed by atoms with Gasteiger partial charge in [0.2, 0.25) is 5.91 Å². The molecule has 0 radical (unpaired) electrons. The molecule has 1 aliphatic heterocycles. The highest BCUT2D eigenvalue weighted by Gasteiger charge is 2.15. The van der Waals surface area contributed by atoms with Gasteiger partial charge in [-0.3, -0.25) is 4.79 Å². The lowest BCUT2D eigenvalue weighted by Crippen LogP contribution is -2.30. The molecule has 1 N–H and O–H groups in total. The number of ether oxygens (including phenoxy) is 3. The fourth-order valence-electron chi connectivity index (χ4n) is 2.20. The van der Waals surface area contributed by atoms with Gasteiger partial charge < -0.3 is 19.5 Å². The van der Waals surface area contributed by atoms with E-state index in [1.165, 1.54) is 6.08 Å². The Hall–Kier alpha value is -2.01. The van der Waals surface area contributed by atoms with Crippen molar-refractivity contribution in [2.75, 3.05) is 27.4 Å². The Labute approximate surface area is 124 Å². The van der Waals surface area contributed by atoms with Gasteiger partial charge in [0, 0.05) is 30.9 Å². The molecule has 1 heterocycles. The molecule has 1 fully saturated rings. The van der Waals surface area contributed by atoms with Crippen LogP contribution >= 0.6 is 0 Å². The van der Waals surface area contributed by atoms with Gasteiger partial charge in [0.05, 0.1) is 20.3 Å². The summed E-state index contributed by atoms with van der Waals surface area (Å²) in [5, 5.41) is 2.84. The molecule has 1 aromatic rings. The Bertz CT molecular complexity index is 507. The maximum atomic E-state index is 11.8. The van der Waals surface area contributed by atoms with Crippen molar-refractivity contribution in [3.63, 3.8) is 0 Å². The van der Waals surface area contributed by atoms with Crippen LogP contribution in [0.2, 0.25) is 0 Å². The molecule has 0 spiro atoms. The third-order valence-electron chi connectivity index (χ3n) is 3.38. The molecule has 1 atom stereocenters. The molecule has 1 aromatic carbocycles. The summed E-state index contributed by atoms with van der Waals surface area (Å²) in [7, 11) is 3.19. The average Bonchev–Trinajstić information content (AvgIpc) is 3.04. The summed E-state index contributed by atoms with van der Waals surface area (Å²) in [5.74, 6) is 1.24. The van der Waals surface area contributed by atoms with Crippen LogP contribution in [0.15, 0.2) is 24.3 Å². The minimum Gasteiger partial charge on any atom is -0.497 e. The standard InChI is InChI=1S/C16H21NO4/c1-19-13-7-5-12(15(10-13)20-2)6-8-16(18)17-11-14-4-3-9-21-14/h5-8,10,14H,3-4,9,11H2,1-2H3,(H,17,18). The highest BCUT2D eigenvalue weighted by atomic mass is 16.5. The van der Waals surface area contributed by atoms with E-state index in [1.807, 2.05) is 12.1 Å². The second-order valence-corrected chi connectivity index (χ2v) is 4.82.